The van der Waals surface area contributed by atoms with E-state index < -0.39 is 0 Å². The number of rotatable bonds is 2. The molecule has 0 spiro atoms. The zero-order valence-electron chi connectivity index (χ0n) is 10.6. The first kappa shape index (κ1) is 11.0. The Kier molecular flexibility index (Phi) is 2.59. The maximum absolute atomic E-state index is 4.44. The molecule has 0 fully saturated rings. The number of aromatic nitrogens is 3. The van der Waals surface area contributed by atoms with Gasteiger partial charge >= 0.3 is 0 Å². The number of nitrogens with one attached hydrogen (secondary N) is 1. The minimum atomic E-state index is 0.782. The van der Waals surface area contributed by atoms with Crippen LogP contribution < -0.4 is 0 Å². The summed E-state index contributed by atoms with van der Waals surface area (Å²) < 4.78 is 0. The third-order valence-electron chi connectivity index (χ3n) is 3.19. The van der Waals surface area contributed by atoms with Crippen LogP contribution in [-0.4, -0.2) is 15.0 Å². The van der Waals surface area contributed by atoms with Gasteiger partial charge in [-0.25, -0.2) is 9.97 Å². The van der Waals surface area contributed by atoms with Crippen molar-refractivity contribution in [1.29, 1.82) is 0 Å². The minimum absolute atomic E-state index is 0.782. The van der Waals surface area contributed by atoms with Crippen LogP contribution in [-0.2, 0) is 6.42 Å². The lowest BCUT2D eigenvalue weighted by atomic mass is 10.1. The number of nitrogens with zero attached hydrogens (tertiary/aromatic N) is 2. The highest BCUT2D eigenvalue weighted by atomic mass is 14.9. The van der Waals surface area contributed by atoms with Gasteiger partial charge in [0.15, 0.2) is 5.82 Å². The zero-order valence-corrected chi connectivity index (χ0v) is 10.6. The molecule has 2 heterocycles. The van der Waals surface area contributed by atoms with Gasteiger partial charge in [-0.15, -0.1) is 0 Å². The van der Waals surface area contributed by atoms with Gasteiger partial charge in [0, 0.05) is 35.1 Å². The van der Waals surface area contributed by atoms with Gasteiger partial charge in [0.2, 0.25) is 0 Å². The molecule has 0 aliphatic heterocycles. The molecule has 0 saturated heterocycles. The summed E-state index contributed by atoms with van der Waals surface area (Å²) >= 11 is 0. The number of H-pyrrole nitrogens is 1. The van der Waals surface area contributed by atoms with Gasteiger partial charge in [-0.2, -0.15) is 0 Å². The highest BCUT2D eigenvalue weighted by Gasteiger charge is 2.08. The van der Waals surface area contributed by atoms with Crippen molar-refractivity contribution >= 4 is 10.9 Å². The summed E-state index contributed by atoms with van der Waals surface area (Å²) in [7, 11) is 0. The van der Waals surface area contributed by atoms with Gasteiger partial charge < -0.3 is 4.98 Å². The fourth-order valence-corrected chi connectivity index (χ4v) is 2.10. The third kappa shape index (κ3) is 1.78. The van der Waals surface area contributed by atoms with Crippen LogP contribution in [0.25, 0.3) is 22.3 Å². The van der Waals surface area contributed by atoms with Gasteiger partial charge in [0.1, 0.15) is 0 Å². The molecule has 2 aromatic heterocycles. The topological polar surface area (TPSA) is 41.6 Å². The Bertz CT molecular complexity index is 681. The quantitative estimate of drug-likeness (QED) is 0.741. The first-order valence-corrected chi connectivity index (χ1v) is 6.17. The van der Waals surface area contributed by atoms with Crippen molar-refractivity contribution in [2.24, 2.45) is 0 Å². The summed E-state index contributed by atoms with van der Waals surface area (Å²) in [5.41, 5.74) is 4.60. The molecular weight excluding hydrogens is 222 g/mol. The number of hydrogen-bond donors (Lipinski definition) is 1. The number of hydrogen-bond acceptors (Lipinski definition) is 2. The highest BCUT2D eigenvalue weighted by Crippen LogP contribution is 2.26. The van der Waals surface area contributed by atoms with Gasteiger partial charge in [-0.3, -0.25) is 0 Å². The van der Waals surface area contributed by atoms with E-state index in [-0.39, 0.29) is 0 Å². The van der Waals surface area contributed by atoms with Gasteiger partial charge in [-0.1, -0.05) is 18.6 Å². The van der Waals surface area contributed by atoms with E-state index in [1.54, 1.807) is 0 Å². The molecule has 0 aliphatic rings. The second-order valence-electron chi connectivity index (χ2n) is 4.52. The average Bonchev–Trinajstić information content (AvgIpc) is 2.82. The molecule has 3 aromatic rings. The smallest absolute Gasteiger partial charge is 0.161 e. The maximum Gasteiger partial charge on any atom is 0.161 e. The summed E-state index contributed by atoms with van der Waals surface area (Å²) in [6, 6.07) is 6.36. The van der Waals surface area contributed by atoms with E-state index in [4.69, 9.17) is 0 Å². The van der Waals surface area contributed by atoms with Gasteiger partial charge in [-0.05, 0) is 31.0 Å². The van der Waals surface area contributed by atoms with Crippen molar-refractivity contribution in [1.82, 2.24) is 15.0 Å². The van der Waals surface area contributed by atoms with Crippen LogP contribution in [0, 0.1) is 6.92 Å². The van der Waals surface area contributed by atoms with Crippen molar-refractivity contribution < 1.29 is 0 Å². The van der Waals surface area contributed by atoms with Crippen molar-refractivity contribution in [2.75, 3.05) is 0 Å². The van der Waals surface area contributed by atoms with Crippen molar-refractivity contribution in [3.05, 3.63) is 47.9 Å². The Morgan fingerprint density at radius 3 is 2.67 bits per heavy atom. The van der Waals surface area contributed by atoms with Crippen molar-refractivity contribution in [3.63, 3.8) is 0 Å². The summed E-state index contributed by atoms with van der Waals surface area (Å²) in [5, 5.41) is 1.18. The molecule has 0 aliphatic carbocycles. The highest BCUT2D eigenvalue weighted by molar-refractivity contribution is 5.94. The standard InChI is InChI=1S/C15H15N3/c1-3-11-7-17-15(18-8-11)13-9-16-14-5-4-10(2)6-12(13)14/h4-9,16H,3H2,1-2H3. The van der Waals surface area contributed by atoms with E-state index in [2.05, 4.69) is 47.0 Å². The zero-order chi connectivity index (χ0) is 12.5. The fourth-order valence-electron chi connectivity index (χ4n) is 2.10. The SMILES string of the molecule is CCc1cnc(-c2c[nH]c3ccc(C)cc23)nc1. The maximum atomic E-state index is 4.44. The first-order valence-electron chi connectivity index (χ1n) is 6.17. The van der Waals surface area contributed by atoms with Gasteiger partial charge in [0.25, 0.3) is 0 Å². The van der Waals surface area contributed by atoms with E-state index in [9.17, 15) is 0 Å². The Labute approximate surface area is 106 Å². The normalized spacial score (nSPS) is 11.0. The van der Waals surface area contributed by atoms with Crippen LogP contribution in [0.15, 0.2) is 36.8 Å². The molecule has 90 valence electrons. The van der Waals surface area contributed by atoms with Crippen LogP contribution in [0.3, 0.4) is 0 Å². The largest absolute Gasteiger partial charge is 0.360 e. The van der Waals surface area contributed by atoms with Crippen molar-refractivity contribution in [2.45, 2.75) is 20.3 Å². The molecule has 0 amide bonds. The van der Waals surface area contributed by atoms with Crippen LogP contribution >= 0.6 is 0 Å². The summed E-state index contributed by atoms with van der Waals surface area (Å²) in [6.07, 6.45) is 6.74. The molecule has 1 N–H and O–H groups in total. The Morgan fingerprint density at radius 2 is 1.94 bits per heavy atom. The molecule has 18 heavy (non-hydrogen) atoms. The van der Waals surface area contributed by atoms with E-state index in [1.807, 2.05) is 18.6 Å². The number of aryl methyl sites for hydroxylation is 2. The minimum Gasteiger partial charge on any atom is -0.360 e. The molecule has 3 nitrogen and oxygen atoms in total. The summed E-state index contributed by atoms with van der Waals surface area (Å²) in [4.78, 5) is 12.1. The lowest BCUT2D eigenvalue weighted by molar-refractivity contribution is 1.05. The summed E-state index contributed by atoms with van der Waals surface area (Å²) in [6.45, 7) is 4.20. The number of fused-ring (bicyclic) bond motifs is 1. The molecule has 0 unspecified atom stereocenters. The van der Waals surface area contributed by atoms with E-state index in [0.29, 0.717) is 0 Å². The molecule has 0 atom stereocenters. The van der Waals surface area contributed by atoms with Crippen molar-refractivity contribution in [3.8, 4) is 11.4 Å². The van der Waals surface area contributed by atoms with Crippen LogP contribution in [0.1, 0.15) is 18.1 Å². The molecule has 0 saturated carbocycles. The predicted octanol–water partition coefficient (Wildman–Crippen LogP) is 3.50. The lowest BCUT2D eigenvalue weighted by Gasteiger charge is -2.00. The molecule has 3 heteroatoms. The number of benzene rings is 1. The molecule has 0 bridgehead atoms. The van der Waals surface area contributed by atoms with E-state index >= 15 is 0 Å². The average molecular weight is 237 g/mol. The van der Waals surface area contributed by atoms with Crippen LogP contribution in [0.2, 0.25) is 0 Å². The Hall–Kier alpha value is -2.16. The fraction of sp³-hybridized carbons (Fsp3) is 0.200. The molecule has 1 aromatic carbocycles. The Balaban J connectivity index is 2.15. The number of aromatic amines is 1. The summed E-state index contributed by atoms with van der Waals surface area (Å²) in [5.74, 6) is 0.782. The first-order chi connectivity index (χ1) is 8.78. The molecule has 3 rings (SSSR count). The lowest BCUT2D eigenvalue weighted by Crippen LogP contribution is -1.90. The molecule has 0 radical (unpaired) electrons. The Morgan fingerprint density at radius 1 is 1.17 bits per heavy atom. The van der Waals surface area contributed by atoms with E-state index in [1.165, 1.54) is 10.9 Å². The second-order valence-corrected chi connectivity index (χ2v) is 4.52. The van der Waals surface area contributed by atoms with E-state index in [0.717, 1.165) is 28.9 Å². The predicted molar refractivity (Wildman–Crippen MR) is 73.4 cm³/mol. The second kappa shape index (κ2) is 4.26. The van der Waals surface area contributed by atoms with Crippen LogP contribution in [0.5, 0.6) is 0 Å². The third-order valence-corrected chi connectivity index (χ3v) is 3.19. The van der Waals surface area contributed by atoms with Crippen LogP contribution in [0.4, 0.5) is 0 Å². The van der Waals surface area contributed by atoms with Gasteiger partial charge in [0.05, 0.1) is 0 Å². The molecular formula is C15H15N3. The monoisotopic (exact) mass is 237 g/mol.